The topological polar surface area (TPSA) is 57.2 Å². The third kappa shape index (κ3) is 18.3. The second kappa shape index (κ2) is 20.7. The van der Waals surface area contributed by atoms with Crippen molar-refractivity contribution in [3.63, 3.8) is 0 Å². The van der Waals surface area contributed by atoms with Gasteiger partial charge < -0.3 is 4.55 Å². The van der Waals surface area contributed by atoms with Crippen LogP contribution in [0, 0.1) is 0 Å². The molecule has 0 saturated carbocycles. The molecule has 0 aliphatic rings. The summed E-state index contributed by atoms with van der Waals surface area (Å²) in [7, 11) is -4.32. The van der Waals surface area contributed by atoms with Gasteiger partial charge in [-0.2, -0.15) is 0 Å². The van der Waals surface area contributed by atoms with E-state index in [0.717, 1.165) is 18.4 Å². The van der Waals surface area contributed by atoms with Crippen molar-refractivity contribution in [2.24, 2.45) is 0 Å². The molecule has 0 fully saturated rings. The predicted molar refractivity (Wildman–Crippen MR) is 127 cm³/mol. The van der Waals surface area contributed by atoms with Crippen molar-refractivity contribution in [2.45, 2.75) is 134 Å². The predicted octanol–water partition coefficient (Wildman–Crippen LogP) is 5.18. The van der Waals surface area contributed by atoms with Gasteiger partial charge in [0.15, 0.2) is 0 Å². The third-order valence-electron chi connectivity index (χ3n) is 6.03. The summed E-state index contributed by atoms with van der Waals surface area (Å²) in [5, 5.41) is 0. The molecule has 0 amide bonds. The quantitative estimate of drug-likeness (QED) is 0.153. The van der Waals surface area contributed by atoms with Crippen molar-refractivity contribution in [2.75, 3.05) is 0 Å². The van der Waals surface area contributed by atoms with Gasteiger partial charge in [0.05, 0.1) is 4.90 Å². The maximum absolute atomic E-state index is 10.9. The van der Waals surface area contributed by atoms with Crippen LogP contribution in [0.2, 0.25) is 0 Å². The first-order valence-corrected chi connectivity index (χ1v) is 14.0. The van der Waals surface area contributed by atoms with E-state index in [9.17, 15) is 13.0 Å². The van der Waals surface area contributed by atoms with Gasteiger partial charge in [0.2, 0.25) is 0 Å². The molecule has 0 aliphatic heterocycles. The summed E-state index contributed by atoms with van der Waals surface area (Å²) in [4.78, 5) is -0.135. The standard InChI is InChI=1S/C26H46O3S.Na/c1-2-3-4-5-6-7-8-9-10-11-12-13-14-15-16-17-18-19-20-25-21-23-26(24-22-25)30(27,28)29;/h21-24H,2-20H2,1H3,(H,27,28,29);/q;+1/p-1. The van der Waals surface area contributed by atoms with Crippen molar-refractivity contribution in [1.82, 2.24) is 0 Å². The Morgan fingerprint density at radius 3 is 1.23 bits per heavy atom. The Balaban J connectivity index is 0.00000900. The number of unbranched alkanes of at least 4 members (excludes halogenated alkanes) is 17. The fraction of sp³-hybridized carbons (Fsp3) is 0.769. The second-order valence-electron chi connectivity index (χ2n) is 8.86. The molecule has 0 N–H and O–H groups in total. The van der Waals surface area contributed by atoms with Crippen molar-refractivity contribution >= 4 is 10.1 Å². The van der Waals surface area contributed by atoms with Gasteiger partial charge in [0.25, 0.3) is 0 Å². The van der Waals surface area contributed by atoms with Crippen molar-refractivity contribution in [3.05, 3.63) is 29.8 Å². The molecular weight excluding hydrogens is 415 g/mol. The third-order valence-corrected chi connectivity index (χ3v) is 6.88. The largest absolute Gasteiger partial charge is 1.00 e. The Bertz CT molecular complexity index is 614. The number of hydrogen-bond acceptors (Lipinski definition) is 3. The van der Waals surface area contributed by atoms with Gasteiger partial charge in [0.1, 0.15) is 10.1 Å². The first-order valence-electron chi connectivity index (χ1n) is 12.6. The first kappa shape index (κ1) is 31.1. The minimum absolute atomic E-state index is 0. The number of hydrogen-bond donors (Lipinski definition) is 0. The van der Waals surface area contributed by atoms with E-state index in [2.05, 4.69) is 6.92 Å². The van der Waals surface area contributed by atoms with E-state index < -0.39 is 10.1 Å². The average Bonchev–Trinajstić information content (AvgIpc) is 2.72. The molecule has 0 aromatic heterocycles. The molecule has 0 unspecified atom stereocenters. The number of aryl methyl sites for hydroxylation is 1. The molecule has 0 aliphatic carbocycles. The molecule has 1 rings (SSSR count). The van der Waals surface area contributed by atoms with Crippen LogP contribution in [0.3, 0.4) is 0 Å². The van der Waals surface area contributed by atoms with Gasteiger partial charge in [0, 0.05) is 0 Å². The van der Waals surface area contributed by atoms with E-state index in [1.54, 1.807) is 12.1 Å². The van der Waals surface area contributed by atoms with Gasteiger partial charge in [-0.15, -0.1) is 0 Å². The smallest absolute Gasteiger partial charge is 0.744 e. The zero-order valence-corrected chi connectivity index (χ0v) is 23.2. The SMILES string of the molecule is CCCCCCCCCCCCCCCCCCCCc1ccc(S(=O)(=O)[O-])cc1.[Na+]. The molecule has 0 spiro atoms. The molecule has 0 atom stereocenters. The molecule has 1 aromatic rings. The van der Waals surface area contributed by atoms with Gasteiger partial charge in [-0.3, -0.25) is 0 Å². The van der Waals surface area contributed by atoms with Crippen LogP contribution >= 0.6 is 0 Å². The Morgan fingerprint density at radius 1 is 0.581 bits per heavy atom. The van der Waals surface area contributed by atoms with Crippen molar-refractivity contribution in [3.8, 4) is 0 Å². The Hall–Kier alpha value is 0.130. The van der Waals surface area contributed by atoms with Gasteiger partial charge in [-0.05, 0) is 30.5 Å². The van der Waals surface area contributed by atoms with E-state index in [1.165, 1.54) is 121 Å². The molecule has 1 aromatic carbocycles. The Morgan fingerprint density at radius 2 is 0.903 bits per heavy atom. The zero-order chi connectivity index (χ0) is 21.9. The molecular formula is C26H45NaO3S. The van der Waals surface area contributed by atoms with Crippen LogP contribution in [-0.4, -0.2) is 13.0 Å². The summed E-state index contributed by atoms with van der Waals surface area (Å²) in [6.45, 7) is 2.28. The van der Waals surface area contributed by atoms with E-state index in [-0.39, 0.29) is 34.5 Å². The van der Waals surface area contributed by atoms with E-state index in [4.69, 9.17) is 0 Å². The Labute approximate surface area is 215 Å². The summed E-state index contributed by atoms with van der Waals surface area (Å²) < 4.78 is 32.8. The molecule has 31 heavy (non-hydrogen) atoms. The maximum Gasteiger partial charge on any atom is 1.00 e. The first-order chi connectivity index (χ1) is 14.5. The van der Waals surface area contributed by atoms with Crippen LogP contribution in [0.25, 0.3) is 0 Å². The maximum atomic E-state index is 10.9. The van der Waals surface area contributed by atoms with Crippen LogP contribution < -0.4 is 29.6 Å². The van der Waals surface area contributed by atoms with Crippen molar-refractivity contribution in [1.29, 1.82) is 0 Å². The monoisotopic (exact) mass is 460 g/mol. The van der Waals surface area contributed by atoms with E-state index in [1.807, 2.05) is 0 Å². The van der Waals surface area contributed by atoms with Gasteiger partial charge >= 0.3 is 29.6 Å². The minimum Gasteiger partial charge on any atom is -0.744 e. The average molecular weight is 461 g/mol. The molecule has 0 saturated heterocycles. The minimum atomic E-state index is -4.32. The Kier molecular flexibility index (Phi) is 20.8. The van der Waals surface area contributed by atoms with Crippen LogP contribution in [0.4, 0.5) is 0 Å². The van der Waals surface area contributed by atoms with Crippen LogP contribution in [0.1, 0.15) is 128 Å². The molecule has 3 nitrogen and oxygen atoms in total. The van der Waals surface area contributed by atoms with E-state index in [0.29, 0.717) is 0 Å². The fourth-order valence-electron chi connectivity index (χ4n) is 4.05. The molecule has 0 radical (unpaired) electrons. The fourth-order valence-corrected chi connectivity index (χ4v) is 4.52. The normalized spacial score (nSPS) is 11.4. The molecule has 5 heteroatoms. The number of benzene rings is 1. The molecule has 0 heterocycles. The van der Waals surface area contributed by atoms with Gasteiger partial charge in [-0.1, -0.05) is 128 Å². The molecule has 174 valence electrons. The van der Waals surface area contributed by atoms with Crippen LogP contribution in [-0.2, 0) is 16.5 Å². The van der Waals surface area contributed by atoms with E-state index >= 15 is 0 Å². The summed E-state index contributed by atoms with van der Waals surface area (Å²) in [6, 6.07) is 6.37. The summed E-state index contributed by atoms with van der Waals surface area (Å²) in [5.74, 6) is 0. The zero-order valence-electron chi connectivity index (χ0n) is 20.4. The second-order valence-corrected chi connectivity index (χ2v) is 10.2. The van der Waals surface area contributed by atoms with Crippen LogP contribution in [0.5, 0.6) is 0 Å². The summed E-state index contributed by atoms with van der Waals surface area (Å²) in [5.41, 5.74) is 1.11. The number of rotatable bonds is 20. The summed E-state index contributed by atoms with van der Waals surface area (Å²) in [6.07, 6.45) is 25.7. The molecule has 0 bridgehead atoms. The summed E-state index contributed by atoms with van der Waals surface area (Å²) >= 11 is 0. The van der Waals surface area contributed by atoms with Crippen molar-refractivity contribution < 1.29 is 42.5 Å². The van der Waals surface area contributed by atoms with Gasteiger partial charge in [-0.25, -0.2) is 8.42 Å². The van der Waals surface area contributed by atoms with Crippen LogP contribution in [0.15, 0.2) is 29.2 Å².